The Balaban J connectivity index is 1.49. The van der Waals surface area contributed by atoms with E-state index >= 15 is 0 Å². The fraction of sp³-hybridized carbons (Fsp3) is 0.361. The van der Waals surface area contributed by atoms with Gasteiger partial charge >= 0.3 is 0 Å². The van der Waals surface area contributed by atoms with Crippen LogP contribution in [0.5, 0.6) is 5.75 Å². The number of aliphatic hydroxyl groups is 1. The molecule has 3 aromatic rings. The van der Waals surface area contributed by atoms with Crippen LogP contribution in [-0.2, 0) is 34.0 Å². The largest absolute Gasteiger partial charge is 0.511 e. The normalized spacial score (nSPS) is 20.9. The maximum absolute atomic E-state index is 14.2. The van der Waals surface area contributed by atoms with Crippen molar-refractivity contribution < 1.29 is 29.0 Å². The lowest BCUT2D eigenvalue weighted by molar-refractivity contribution is -0.136. The number of aliphatic hydroxyl groups excluding tert-OH is 1. The van der Waals surface area contributed by atoms with Crippen molar-refractivity contribution in [3.63, 3.8) is 0 Å². The molecule has 2 unspecified atom stereocenters. The first kappa shape index (κ1) is 31.2. The molecule has 8 heteroatoms. The van der Waals surface area contributed by atoms with E-state index in [9.17, 15) is 19.5 Å². The molecule has 44 heavy (non-hydrogen) atoms. The van der Waals surface area contributed by atoms with Crippen molar-refractivity contribution in [1.82, 2.24) is 4.90 Å². The van der Waals surface area contributed by atoms with Crippen molar-refractivity contribution in [1.29, 1.82) is 0 Å². The fourth-order valence-electron chi connectivity index (χ4n) is 6.57. The number of ether oxygens (including phenoxy) is 2. The van der Waals surface area contributed by atoms with E-state index in [0.29, 0.717) is 37.4 Å². The quantitative estimate of drug-likeness (QED) is 0.285. The third kappa shape index (κ3) is 6.47. The minimum Gasteiger partial charge on any atom is -0.511 e. The summed E-state index contributed by atoms with van der Waals surface area (Å²) in [6, 6.07) is 24.7. The molecule has 0 aliphatic heterocycles. The standard InChI is InChI=1S/C36H40N2O6/c1-22(36(37)42)33(39)32-27(28(38(2)3)21-43-19-23-11-6-4-7-12-23)18-26-17-25-15-10-16-29(30(25)34(40)31(26)35(32)41)44-20-24-13-8-5-9-14-24/h4-16,22,26-28,32,41H,17-21H2,1-3H3,(H2,37,42)/t22?,26-,27-,28+,32?/m0/s1. The van der Waals surface area contributed by atoms with Gasteiger partial charge in [0.1, 0.15) is 18.1 Å². The average molecular weight is 597 g/mol. The summed E-state index contributed by atoms with van der Waals surface area (Å²) < 4.78 is 12.2. The van der Waals surface area contributed by atoms with E-state index in [4.69, 9.17) is 15.2 Å². The van der Waals surface area contributed by atoms with Crippen molar-refractivity contribution in [2.75, 3.05) is 20.7 Å². The van der Waals surface area contributed by atoms with Gasteiger partial charge in [-0.2, -0.15) is 0 Å². The van der Waals surface area contributed by atoms with Crippen molar-refractivity contribution in [2.24, 2.45) is 29.4 Å². The van der Waals surface area contributed by atoms with Crippen molar-refractivity contribution in [3.8, 4) is 5.75 Å². The number of allylic oxidation sites excluding steroid dienone is 2. The summed E-state index contributed by atoms with van der Waals surface area (Å²) in [5.41, 5.74) is 9.02. The van der Waals surface area contributed by atoms with Gasteiger partial charge in [0.2, 0.25) is 5.91 Å². The van der Waals surface area contributed by atoms with Gasteiger partial charge in [-0.1, -0.05) is 72.8 Å². The topological polar surface area (TPSA) is 119 Å². The molecule has 0 radical (unpaired) electrons. The Morgan fingerprint density at radius 3 is 2.20 bits per heavy atom. The Morgan fingerprint density at radius 2 is 1.59 bits per heavy atom. The number of hydrogen-bond donors (Lipinski definition) is 2. The van der Waals surface area contributed by atoms with E-state index in [1.165, 1.54) is 6.92 Å². The number of rotatable bonds is 12. The highest BCUT2D eigenvalue weighted by Crippen LogP contribution is 2.47. The average Bonchev–Trinajstić information content (AvgIpc) is 3.02. The van der Waals surface area contributed by atoms with Gasteiger partial charge in [0.15, 0.2) is 11.6 Å². The number of benzene rings is 3. The van der Waals surface area contributed by atoms with Crippen LogP contribution in [0.3, 0.4) is 0 Å². The number of carbonyl (C=O) groups excluding carboxylic acids is 3. The predicted octanol–water partition coefficient (Wildman–Crippen LogP) is 4.91. The zero-order chi connectivity index (χ0) is 31.4. The Kier molecular flexibility index (Phi) is 9.61. The van der Waals surface area contributed by atoms with Gasteiger partial charge < -0.3 is 25.2 Å². The Hall–Kier alpha value is -4.27. The summed E-state index contributed by atoms with van der Waals surface area (Å²) in [4.78, 5) is 42.2. The van der Waals surface area contributed by atoms with E-state index in [1.54, 1.807) is 6.07 Å². The number of fused-ring (bicyclic) bond motifs is 2. The van der Waals surface area contributed by atoms with Crippen LogP contribution in [0.1, 0.15) is 40.4 Å². The maximum atomic E-state index is 14.2. The molecule has 230 valence electrons. The SMILES string of the molecule is CC(C(N)=O)C(=O)C1C(O)=C2C(=O)c3c(cccc3OCc3ccccc3)C[C@H]2C[C@H]1[C@@H](COCc1ccccc1)N(C)C. The zero-order valence-electron chi connectivity index (χ0n) is 25.4. The minimum absolute atomic E-state index is 0.224. The number of nitrogens with zero attached hydrogens (tertiary/aromatic N) is 1. The lowest BCUT2D eigenvalue weighted by Gasteiger charge is -2.44. The Bertz CT molecular complexity index is 1530. The highest BCUT2D eigenvalue weighted by atomic mass is 16.5. The molecular formula is C36H40N2O6. The fourth-order valence-corrected chi connectivity index (χ4v) is 6.57. The number of amides is 1. The van der Waals surface area contributed by atoms with Gasteiger partial charge in [-0.3, -0.25) is 14.4 Å². The van der Waals surface area contributed by atoms with Crippen LogP contribution in [0.25, 0.3) is 0 Å². The van der Waals surface area contributed by atoms with Crippen LogP contribution in [0, 0.1) is 23.7 Å². The lowest BCUT2D eigenvalue weighted by atomic mass is 9.63. The second-order valence-electron chi connectivity index (χ2n) is 12.0. The summed E-state index contributed by atoms with van der Waals surface area (Å²) in [6.45, 7) is 2.42. The number of hydrogen-bond acceptors (Lipinski definition) is 7. The van der Waals surface area contributed by atoms with Gasteiger partial charge in [-0.05, 0) is 68.5 Å². The highest BCUT2D eigenvalue weighted by Gasteiger charge is 2.50. The van der Waals surface area contributed by atoms with E-state index in [0.717, 1.165) is 16.7 Å². The number of Topliss-reactive ketones (excluding diaryl/α,β-unsaturated/α-hetero) is 2. The number of likely N-dealkylation sites (N-methyl/N-ethyl adjacent to an activating group) is 1. The molecule has 0 aromatic heterocycles. The van der Waals surface area contributed by atoms with Gasteiger partial charge in [0.05, 0.1) is 30.6 Å². The molecule has 5 rings (SSSR count). The molecule has 2 aliphatic carbocycles. The van der Waals surface area contributed by atoms with Crippen molar-refractivity contribution in [2.45, 2.75) is 39.0 Å². The number of ketones is 2. The molecule has 3 N–H and O–H groups in total. The van der Waals surface area contributed by atoms with Gasteiger partial charge in [0.25, 0.3) is 0 Å². The maximum Gasteiger partial charge on any atom is 0.227 e. The van der Waals surface area contributed by atoms with Crippen LogP contribution in [0.4, 0.5) is 0 Å². The first-order chi connectivity index (χ1) is 21.2. The molecule has 0 saturated carbocycles. The van der Waals surface area contributed by atoms with Crippen LogP contribution in [-0.4, -0.2) is 54.2 Å². The van der Waals surface area contributed by atoms with E-state index < -0.39 is 29.4 Å². The minimum atomic E-state index is -1.13. The molecule has 0 heterocycles. The third-order valence-electron chi connectivity index (χ3n) is 8.97. The van der Waals surface area contributed by atoms with E-state index in [1.807, 2.05) is 91.8 Å². The number of primary amides is 1. The second kappa shape index (κ2) is 13.6. The molecule has 1 amide bonds. The molecule has 8 nitrogen and oxygen atoms in total. The van der Waals surface area contributed by atoms with Crippen LogP contribution >= 0.6 is 0 Å². The summed E-state index contributed by atoms with van der Waals surface area (Å²) in [7, 11) is 3.81. The summed E-state index contributed by atoms with van der Waals surface area (Å²) in [5.74, 6) is -4.39. The monoisotopic (exact) mass is 596 g/mol. The third-order valence-corrected chi connectivity index (χ3v) is 8.97. The number of carbonyl (C=O) groups is 3. The molecule has 0 fully saturated rings. The van der Waals surface area contributed by atoms with Crippen molar-refractivity contribution >= 4 is 17.5 Å². The van der Waals surface area contributed by atoms with Gasteiger partial charge in [-0.15, -0.1) is 0 Å². The smallest absolute Gasteiger partial charge is 0.227 e. The predicted molar refractivity (Wildman–Crippen MR) is 167 cm³/mol. The molecule has 0 bridgehead atoms. The summed E-state index contributed by atoms with van der Waals surface area (Å²) in [5, 5.41) is 11.9. The zero-order valence-corrected chi connectivity index (χ0v) is 25.4. The van der Waals surface area contributed by atoms with Crippen molar-refractivity contribution in [3.05, 3.63) is 112 Å². The van der Waals surface area contributed by atoms with E-state index in [-0.39, 0.29) is 35.7 Å². The van der Waals surface area contributed by atoms with Crippen LogP contribution < -0.4 is 10.5 Å². The molecular weight excluding hydrogens is 556 g/mol. The molecule has 5 atom stereocenters. The molecule has 3 aromatic carbocycles. The lowest BCUT2D eigenvalue weighted by Crippen LogP contribution is -2.50. The van der Waals surface area contributed by atoms with Crippen LogP contribution in [0.2, 0.25) is 0 Å². The highest BCUT2D eigenvalue weighted by molar-refractivity contribution is 6.14. The molecule has 0 spiro atoms. The second-order valence-corrected chi connectivity index (χ2v) is 12.0. The number of nitrogens with two attached hydrogens (primary N) is 1. The van der Waals surface area contributed by atoms with E-state index in [2.05, 4.69) is 0 Å². The molecule has 0 saturated heterocycles. The van der Waals surface area contributed by atoms with Gasteiger partial charge in [0, 0.05) is 11.6 Å². The molecule has 2 aliphatic rings. The van der Waals surface area contributed by atoms with Crippen LogP contribution in [0.15, 0.2) is 90.2 Å². The first-order valence-corrected chi connectivity index (χ1v) is 15.0. The van der Waals surface area contributed by atoms with Gasteiger partial charge in [-0.25, -0.2) is 0 Å². The first-order valence-electron chi connectivity index (χ1n) is 15.0. The summed E-state index contributed by atoms with van der Waals surface area (Å²) >= 11 is 0. The Morgan fingerprint density at radius 1 is 0.955 bits per heavy atom. The Labute approximate surface area is 258 Å². The summed E-state index contributed by atoms with van der Waals surface area (Å²) in [6.07, 6.45) is 0.968.